The van der Waals surface area contributed by atoms with Crippen LogP contribution in [0.3, 0.4) is 0 Å². The van der Waals surface area contributed by atoms with Crippen molar-refractivity contribution in [2.24, 2.45) is 0 Å². The summed E-state index contributed by atoms with van der Waals surface area (Å²) in [5.41, 5.74) is 3.29. The minimum atomic E-state index is 0.327. The molecule has 0 aliphatic rings. The van der Waals surface area contributed by atoms with Gasteiger partial charge < -0.3 is 10.6 Å². The molecule has 0 spiro atoms. The number of nitrogens with one attached hydrogen (secondary N) is 2. The van der Waals surface area contributed by atoms with Crippen LogP contribution in [0, 0.1) is 6.92 Å². The van der Waals surface area contributed by atoms with E-state index in [1.165, 1.54) is 0 Å². The van der Waals surface area contributed by atoms with Gasteiger partial charge in [-0.05, 0) is 30.5 Å². The average Bonchev–Trinajstić information content (AvgIpc) is 2.43. The zero-order chi connectivity index (χ0) is 14.7. The van der Waals surface area contributed by atoms with E-state index in [2.05, 4.69) is 57.3 Å². The molecule has 0 bridgehead atoms. The molecule has 2 N–H and O–H groups in total. The van der Waals surface area contributed by atoms with Crippen molar-refractivity contribution in [3.63, 3.8) is 0 Å². The Labute approximate surface area is 128 Å². The molecule has 1 aromatic heterocycles. The summed E-state index contributed by atoms with van der Waals surface area (Å²) in [6, 6.07) is 6.09. The predicted octanol–water partition coefficient (Wildman–Crippen LogP) is 4.46. The van der Waals surface area contributed by atoms with Gasteiger partial charge in [-0.3, -0.25) is 0 Å². The molecule has 0 amide bonds. The summed E-state index contributed by atoms with van der Waals surface area (Å²) in [6.45, 7) is 6.35. The molecule has 2 rings (SSSR count). The molecule has 4 nitrogen and oxygen atoms in total. The third-order valence-corrected chi connectivity index (χ3v) is 4.08. The highest BCUT2D eigenvalue weighted by molar-refractivity contribution is 9.10. The molecular weight excluding hydrogens is 316 g/mol. The van der Waals surface area contributed by atoms with Gasteiger partial charge >= 0.3 is 0 Å². The Morgan fingerprint density at radius 3 is 2.50 bits per heavy atom. The fraction of sp³-hybridized carbons (Fsp3) is 0.333. The number of aromatic nitrogens is 2. The van der Waals surface area contributed by atoms with Crippen LogP contribution in [-0.2, 0) is 0 Å². The van der Waals surface area contributed by atoms with Crippen LogP contribution >= 0.6 is 15.9 Å². The van der Waals surface area contributed by atoms with Gasteiger partial charge in [0.05, 0.1) is 0 Å². The second kappa shape index (κ2) is 6.22. The largest absolute Gasteiger partial charge is 0.373 e. The van der Waals surface area contributed by atoms with Crippen LogP contribution in [0.2, 0.25) is 0 Å². The maximum absolute atomic E-state index is 4.40. The van der Waals surface area contributed by atoms with E-state index in [9.17, 15) is 0 Å². The molecule has 106 valence electrons. The lowest BCUT2D eigenvalue weighted by Gasteiger charge is -2.17. The Balaban J connectivity index is 2.46. The topological polar surface area (TPSA) is 49.8 Å². The van der Waals surface area contributed by atoms with Gasteiger partial charge in [-0.15, -0.1) is 0 Å². The summed E-state index contributed by atoms with van der Waals surface area (Å²) in [4.78, 5) is 8.69. The minimum Gasteiger partial charge on any atom is -0.373 e. The predicted molar refractivity (Wildman–Crippen MR) is 87.8 cm³/mol. The van der Waals surface area contributed by atoms with Crippen molar-refractivity contribution in [1.29, 1.82) is 0 Å². The number of hydrogen-bond acceptors (Lipinski definition) is 4. The van der Waals surface area contributed by atoms with Gasteiger partial charge in [0.2, 0.25) is 0 Å². The van der Waals surface area contributed by atoms with Crippen LogP contribution in [0.5, 0.6) is 0 Å². The van der Waals surface area contributed by atoms with Crippen LogP contribution in [0.15, 0.2) is 29.0 Å². The zero-order valence-electron chi connectivity index (χ0n) is 12.2. The molecule has 0 fully saturated rings. The first kappa shape index (κ1) is 14.8. The summed E-state index contributed by atoms with van der Waals surface area (Å²) in [5, 5.41) is 6.55. The molecule has 0 aliphatic heterocycles. The van der Waals surface area contributed by atoms with Crippen molar-refractivity contribution >= 4 is 33.3 Å². The first-order valence-electron chi connectivity index (χ1n) is 6.59. The van der Waals surface area contributed by atoms with Crippen LogP contribution < -0.4 is 10.6 Å². The van der Waals surface area contributed by atoms with Gasteiger partial charge in [-0.1, -0.05) is 35.8 Å². The van der Waals surface area contributed by atoms with Crippen LogP contribution in [0.4, 0.5) is 17.3 Å². The van der Waals surface area contributed by atoms with E-state index in [4.69, 9.17) is 0 Å². The average molecular weight is 335 g/mol. The molecule has 5 heteroatoms. The molecule has 0 saturated carbocycles. The fourth-order valence-electron chi connectivity index (χ4n) is 2.11. The van der Waals surface area contributed by atoms with Crippen molar-refractivity contribution in [3.05, 3.63) is 40.1 Å². The van der Waals surface area contributed by atoms with Crippen molar-refractivity contribution in [2.45, 2.75) is 26.7 Å². The molecule has 0 unspecified atom stereocenters. The summed E-state index contributed by atoms with van der Waals surface area (Å²) < 4.78 is 1.08. The third kappa shape index (κ3) is 2.93. The van der Waals surface area contributed by atoms with Crippen LogP contribution in [0.1, 0.15) is 30.9 Å². The van der Waals surface area contributed by atoms with Crippen molar-refractivity contribution in [3.8, 4) is 0 Å². The fourth-order valence-corrected chi connectivity index (χ4v) is 2.48. The van der Waals surface area contributed by atoms with E-state index in [1.54, 1.807) is 6.33 Å². The van der Waals surface area contributed by atoms with Crippen LogP contribution in [0.25, 0.3) is 0 Å². The number of benzene rings is 1. The third-order valence-electron chi connectivity index (χ3n) is 3.22. The molecule has 0 radical (unpaired) electrons. The Morgan fingerprint density at radius 2 is 1.85 bits per heavy atom. The summed E-state index contributed by atoms with van der Waals surface area (Å²) >= 11 is 3.55. The van der Waals surface area contributed by atoms with E-state index >= 15 is 0 Å². The summed E-state index contributed by atoms with van der Waals surface area (Å²) in [5.74, 6) is 2.04. The number of anilines is 3. The monoisotopic (exact) mass is 334 g/mol. The maximum Gasteiger partial charge on any atom is 0.139 e. The highest BCUT2D eigenvalue weighted by Gasteiger charge is 2.15. The summed E-state index contributed by atoms with van der Waals surface area (Å²) in [6.07, 6.45) is 1.58. The van der Waals surface area contributed by atoms with E-state index in [0.29, 0.717) is 5.92 Å². The normalized spacial score (nSPS) is 10.7. The molecule has 2 aromatic rings. The highest BCUT2D eigenvalue weighted by atomic mass is 79.9. The van der Waals surface area contributed by atoms with Gasteiger partial charge in [0.15, 0.2) is 0 Å². The SMILES string of the molecule is CNc1ncnc(Nc2cccc(Br)c2C)c1C(C)C. The van der Waals surface area contributed by atoms with Gasteiger partial charge in [0.1, 0.15) is 18.0 Å². The Kier molecular flexibility index (Phi) is 4.60. The molecule has 1 heterocycles. The van der Waals surface area contributed by atoms with Crippen LogP contribution in [-0.4, -0.2) is 17.0 Å². The number of rotatable bonds is 4. The maximum atomic E-state index is 4.40. The molecule has 20 heavy (non-hydrogen) atoms. The van der Waals surface area contributed by atoms with E-state index < -0.39 is 0 Å². The smallest absolute Gasteiger partial charge is 0.139 e. The van der Waals surface area contributed by atoms with E-state index in [0.717, 1.165) is 32.9 Å². The zero-order valence-corrected chi connectivity index (χ0v) is 13.7. The first-order chi connectivity index (χ1) is 9.54. The van der Waals surface area contributed by atoms with Gasteiger partial charge in [-0.25, -0.2) is 9.97 Å². The number of hydrogen-bond donors (Lipinski definition) is 2. The molecule has 0 atom stereocenters. The van der Waals surface area contributed by atoms with Gasteiger partial charge in [0, 0.05) is 22.8 Å². The standard InChI is InChI=1S/C15H19BrN4/c1-9(2)13-14(17-4)18-8-19-15(13)20-12-7-5-6-11(16)10(12)3/h5-9H,1-4H3,(H2,17,18,19,20). The number of halogens is 1. The molecule has 0 aliphatic carbocycles. The lowest BCUT2D eigenvalue weighted by Crippen LogP contribution is -2.07. The van der Waals surface area contributed by atoms with Crippen molar-refractivity contribution in [1.82, 2.24) is 9.97 Å². The Hall–Kier alpha value is -1.62. The van der Waals surface area contributed by atoms with Crippen molar-refractivity contribution in [2.75, 3.05) is 17.7 Å². The van der Waals surface area contributed by atoms with E-state index in [1.807, 2.05) is 25.2 Å². The van der Waals surface area contributed by atoms with E-state index in [-0.39, 0.29) is 0 Å². The highest BCUT2D eigenvalue weighted by Crippen LogP contribution is 2.32. The first-order valence-corrected chi connectivity index (χ1v) is 7.38. The van der Waals surface area contributed by atoms with Gasteiger partial charge in [-0.2, -0.15) is 0 Å². The van der Waals surface area contributed by atoms with Gasteiger partial charge in [0.25, 0.3) is 0 Å². The Bertz CT molecular complexity index is 611. The molecule has 1 aromatic carbocycles. The second-order valence-electron chi connectivity index (χ2n) is 4.93. The lowest BCUT2D eigenvalue weighted by atomic mass is 10.0. The Morgan fingerprint density at radius 1 is 1.15 bits per heavy atom. The summed E-state index contributed by atoms with van der Waals surface area (Å²) in [7, 11) is 1.88. The quantitative estimate of drug-likeness (QED) is 0.866. The number of nitrogens with zero attached hydrogens (tertiary/aromatic N) is 2. The van der Waals surface area contributed by atoms with Crippen molar-refractivity contribution < 1.29 is 0 Å². The molecule has 0 saturated heterocycles. The minimum absolute atomic E-state index is 0.327. The second-order valence-corrected chi connectivity index (χ2v) is 5.78. The molecular formula is C15H19BrN4. The lowest BCUT2D eigenvalue weighted by molar-refractivity contribution is 0.852.